The molecule has 1 heterocycles. The Kier molecular flexibility index (Phi) is 4.55. The summed E-state index contributed by atoms with van der Waals surface area (Å²) in [6, 6.07) is 0. The Bertz CT molecular complexity index is 233. The standard InChI is InChI=1S/C8H17NO2S2/c1-13(10,11)6-4-9-7-8-3-2-5-12-8/h8-9H,2-7H2,1H3. The Morgan fingerprint density at radius 1 is 1.54 bits per heavy atom. The van der Waals surface area contributed by atoms with Gasteiger partial charge >= 0.3 is 0 Å². The molecule has 0 aromatic heterocycles. The van der Waals surface area contributed by atoms with E-state index in [1.807, 2.05) is 11.8 Å². The SMILES string of the molecule is CS(=O)(=O)CCNCC1CCCS1. The fraction of sp³-hybridized carbons (Fsp3) is 1.00. The van der Waals surface area contributed by atoms with Gasteiger partial charge in [0.2, 0.25) is 0 Å². The van der Waals surface area contributed by atoms with Gasteiger partial charge in [-0.2, -0.15) is 11.8 Å². The highest BCUT2D eigenvalue weighted by atomic mass is 32.2. The molecule has 1 unspecified atom stereocenters. The van der Waals surface area contributed by atoms with Crippen LogP contribution in [0.25, 0.3) is 0 Å². The maximum Gasteiger partial charge on any atom is 0.148 e. The minimum atomic E-state index is -2.79. The Hall–Kier alpha value is 0.260. The topological polar surface area (TPSA) is 46.2 Å². The third-order valence-corrected chi connectivity index (χ3v) is 4.39. The molecule has 0 bridgehead atoms. The second-order valence-corrected chi connectivity index (χ2v) is 7.14. The molecule has 0 saturated carbocycles. The largest absolute Gasteiger partial charge is 0.315 e. The third-order valence-electron chi connectivity index (χ3n) is 2.05. The molecule has 0 aromatic rings. The van der Waals surface area contributed by atoms with E-state index in [0.717, 1.165) is 6.54 Å². The first-order chi connectivity index (χ1) is 6.08. The summed E-state index contributed by atoms with van der Waals surface area (Å²) in [5, 5.41) is 3.89. The average Bonchev–Trinajstić information content (AvgIpc) is 2.48. The Labute approximate surface area is 84.6 Å². The number of thioether (sulfide) groups is 1. The lowest BCUT2D eigenvalue weighted by Crippen LogP contribution is -2.28. The van der Waals surface area contributed by atoms with Crippen molar-refractivity contribution in [3.8, 4) is 0 Å². The predicted molar refractivity (Wildman–Crippen MR) is 58.1 cm³/mol. The predicted octanol–water partition coefficient (Wildman–Crippen LogP) is 0.516. The Morgan fingerprint density at radius 3 is 2.85 bits per heavy atom. The molecule has 3 nitrogen and oxygen atoms in total. The zero-order valence-corrected chi connectivity index (χ0v) is 9.59. The molecule has 0 amide bonds. The molecule has 0 spiro atoms. The lowest BCUT2D eigenvalue weighted by atomic mass is 10.2. The highest BCUT2D eigenvalue weighted by Crippen LogP contribution is 2.24. The molecule has 1 aliphatic heterocycles. The highest BCUT2D eigenvalue weighted by molar-refractivity contribution is 8.00. The van der Waals surface area contributed by atoms with Gasteiger partial charge < -0.3 is 5.32 Å². The van der Waals surface area contributed by atoms with Crippen LogP contribution in [0.4, 0.5) is 0 Å². The third kappa shape index (κ3) is 5.54. The van der Waals surface area contributed by atoms with Gasteiger partial charge in [-0.25, -0.2) is 8.42 Å². The number of hydrogen-bond donors (Lipinski definition) is 1. The van der Waals surface area contributed by atoms with Crippen molar-refractivity contribution in [1.29, 1.82) is 0 Å². The van der Waals surface area contributed by atoms with Gasteiger partial charge in [-0.05, 0) is 18.6 Å². The fourth-order valence-electron chi connectivity index (χ4n) is 1.33. The normalized spacial score (nSPS) is 23.6. The second kappa shape index (κ2) is 5.22. The number of hydrogen-bond acceptors (Lipinski definition) is 4. The van der Waals surface area contributed by atoms with Gasteiger partial charge in [0.25, 0.3) is 0 Å². The van der Waals surface area contributed by atoms with E-state index >= 15 is 0 Å². The molecule has 0 aliphatic carbocycles. The minimum absolute atomic E-state index is 0.254. The molecule has 1 saturated heterocycles. The van der Waals surface area contributed by atoms with Crippen molar-refractivity contribution in [2.24, 2.45) is 0 Å². The summed E-state index contributed by atoms with van der Waals surface area (Å²) in [7, 11) is -2.79. The van der Waals surface area contributed by atoms with Crippen LogP contribution in [-0.2, 0) is 9.84 Å². The van der Waals surface area contributed by atoms with Crippen molar-refractivity contribution in [3.05, 3.63) is 0 Å². The molecule has 13 heavy (non-hydrogen) atoms. The van der Waals surface area contributed by atoms with E-state index < -0.39 is 9.84 Å². The van der Waals surface area contributed by atoms with Crippen molar-refractivity contribution in [1.82, 2.24) is 5.32 Å². The zero-order chi connectivity index (χ0) is 9.73. The quantitative estimate of drug-likeness (QED) is 0.690. The van der Waals surface area contributed by atoms with E-state index in [4.69, 9.17) is 0 Å². The van der Waals surface area contributed by atoms with Crippen LogP contribution in [0.3, 0.4) is 0 Å². The van der Waals surface area contributed by atoms with Crippen molar-refractivity contribution in [3.63, 3.8) is 0 Å². The summed E-state index contributed by atoms with van der Waals surface area (Å²) in [6.07, 6.45) is 3.86. The maximum atomic E-state index is 10.8. The van der Waals surface area contributed by atoms with Crippen LogP contribution < -0.4 is 5.32 Å². The number of sulfone groups is 1. The van der Waals surface area contributed by atoms with Crippen LogP contribution in [0.5, 0.6) is 0 Å². The van der Waals surface area contributed by atoms with Gasteiger partial charge in [0.1, 0.15) is 9.84 Å². The fourth-order valence-corrected chi connectivity index (χ4v) is 3.08. The van der Waals surface area contributed by atoms with E-state index in [1.54, 1.807) is 0 Å². The van der Waals surface area contributed by atoms with Crippen LogP contribution in [0.1, 0.15) is 12.8 Å². The van der Waals surface area contributed by atoms with E-state index in [1.165, 1.54) is 24.9 Å². The van der Waals surface area contributed by atoms with Gasteiger partial charge in [-0.15, -0.1) is 0 Å². The van der Waals surface area contributed by atoms with Crippen LogP contribution in [0.2, 0.25) is 0 Å². The molecule has 0 aromatic carbocycles. The molecular weight excluding hydrogens is 206 g/mol. The summed E-state index contributed by atoms with van der Waals surface area (Å²) in [5.74, 6) is 1.52. The van der Waals surface area contributed by atoms with Gasteiger partial charge in [0.05, 0.1) is 5.75 Å². The van der Waals surface area contributed by atoms with Gasteiger partial charge in [-0.1, -0.05) is 0 Å². The van der Waals surface area contributed by atoms with E-state index in [9.17, 15) is 8.42 Å². The lowest BCUT2D eigenvalue weighted by molar-refractivity contribution is 0.594. The summed E-state index contributed by atoms with van der Waals surface area (Å²) in [4.78, 5) is 0. The van der Waals surface area contributed by atoms with Crippen LogP contribution in [-0.4, -0.2) is 44.5 Å². The maximum absolute atomic E-state index is 10.8. The molecule has 5 heteroatoms. The molecule has 78 valence electrons. The summed E-state index contributed by atoms with van der Waals surface area (Å²) in [5.41, 5.74) is 0. The summed E-state index contributed by atoms with van der Waals surface area (Å²) >= 11 is 1.99. The monoisotopic (exact) mass is 223 g/mol. The summed E-state index contributed by atoms with van der Waals surface area (Å²) in [6.45, 7) is 1.55. The Morgan fingerprint density at radius 2 is 2.31 bits per heavy atom. The first-order valence-corrected chi connectivity index (χ1v) is 7.69. The van der Waals surface area contributed by atoms with Gasteiger partial charge in [0.15, 0.2) is 0 Å². The van der Waals surface area contributed by atoms with Crippen LogP contribution in [0, 0.1) is 0 Å². The molecule has 1 atom stereocenters. The number of rotatable bonds is 5. The van der Waals surface area contributed by atoms with Crippen molar-refractivity contribution >= 4 is 21.6 Å². The molecule has 1 aliphatic rings. The first-order valence-electron chi connectivity index (χ1n) is 4.58. The molecule has 0 radical (unpaired) electrons. The zero-order valence-electron chi connectivity index (χ0n) is 7.95. The van der Waals surface area contributed by atoms with Crippen LogP contribution in [0.15, 0.2) is 0 Å². The summed E-state index contributed by atoms with van der Waals surface area (Å²) < 4.78 is 21.6. The smallest absolute Gasteiger partial charge is 0.148 e. The minimum Gasteiger partial charge on any atom is -0.315 e. The molecule has 1 fully saturated rings. The van der Waals surface area contributed by atoms with E-state index in [2.05, 4.69) is 5.32 Å². The number of nitrogens with one attached hydrogen (secondary N) is 1. The highest BCUT2D eigenvalue weighted by Gasteiger charge is 2.14. The van der Waals surface area contributed by atoms with Crippen molar-refractivity contribution in [2.75, 3.05) is 30.9 Å². The van der Waals surface area contributed by atoms with E-state index in [0.29, 0.717) is 11.8 Å². The van der Waals surface area contributed by atoms with Crippen molar-refractivity contribution < 1.29 is 8.42 Å². The molecule has 1 N–H and O–H groups in total. The van der Waals surface area contributed by atoms with Gasteiger partial charge in [-0.3, -0.25) is 0 Å². The molecule has 1 rings (SSSR count). The van der Waals surface area contributed by atoms with E-state index in [-0.39, 0.29) is 5.75 Å². The first kappa shape index (κ1) is 11.3. The average molecular weight is 223 g/mol. The van der Waals surface area contributed by atoms with Crippen molar-refractivity contribution in [2.45, 2.75) is 18.1 Å². The van der Waals surface area contributed by atoms with Gasteiger partial charge in [0, 0.05) is 24.6 Å². The second-order valence-electron chi connectivity index (χ2n) is 3.47. The van der Waals surface area contributed by atoms with Crippen LogP contribution >= 0.6 is 11.8 Å². The Balaban J connectivity index is 2.01. The molecular formula is C8H17NO2S2. The lowest BCUT2D eigenvalue weighted by Gasteiger charge is -2.08.